The summed E-state index contributed by atoms with van der Waals surface area (Å²) in [5, 5.41) is 6.73. The van der Waals surface area contributed by atoms with Gasteiger partial charge < -0.3 is 20.3 Å². The van der Waals surface area contributed by atoms with E-state index in [1.54, 1.807) is 4.90 Å². The minimum Gasteiger partial charge on any atom is -0.444 e. The zero-order valence-electron chi connectivity index (χ0n) is 11.5. The molecule has 2 heterocycles. The Balaban J connectivity index is 2.03. The van der Waals surface area contributed by atoms with E-state index in [9.17, 15) is 4.79 Å². The fourth-order valence-electron chi connectivity index (χ4n) is 2.49. The summed E-state index contributed by atoms with van der Waals surface area (Å²) in [4.78, 5) is 13.9. The van der Waals surface area contributed by atoms with Crippen molar-refractivity contribution in [2.75, 3.05) is 26.2 Å². The molecule has 0 saturated carbocycles. The molecule has 0 aliphatic carbocycles. The molecule has 1 unspecified atom stereocenters. The van der Waals surface area contributed by atoms with Crippen LogP contribution >= 0.6 is 0 Å². The highest BCUT2D eigenvalue weighted by Gasteiger charge is 2.42. The van der Waals surface area contributed by atoms with Crippen LogP contribution in [0.4, 0.5) is 4.79 Å². The average molecular weight is 253 g/mol. The summed E-state index contributed by atoms with van der Waals surface area (Å²) in [5.74, 6) is 0. The monoisotopic (exact) mass is 253 g/mol. The summed E-state index contributed by atoms with van der Waals surface area (Å²) in [7, 11) is 0. The normalized spacial score (nSPS) is 28.4. The number of nitrogens with one attached hydrogen (secondary N) is 2. The zero-order valence-corrected chi connectivity index (χ0v) is 11.5. The molecule has 2 N–H and O–H groups in total. The predicted octanol–water partition coefficient (Wildman–Crippen LogP) is 1.07. The van der Waals surface area contributed by atoms with E-state index in [0.717, 1.165) is 25.2 Å². The Morgan fingerprint density at radius 2 is 2.17 bits per heavy atom. The molecule has 0 radical (unpaired) electrons. The molecule has 0 aromatic rings. The highest BCUT2D eigenvalue weighted by atomic mass is 16.6. The first-order valence-corrected chi connectivity index (χ1v) is 6.49. The topological polar surface area (TPSA) is 53.6 Å². The largest absolute Gasteiger partial charge is 0.444 e. The second-order valence-corrected chi connectivity index (χ2v) is 6.07. The van der Waals surface area contributed by atoms with Gasteiger partial charge in [-0.1, -0.05) is 6.58 Å². The summed E-state index contributed by atoms with van der Waals surface area (Å²) in [6.45, 7) is 12.7. The first-order valence-electron chi connectivity index (χ1n) is 6.49. The van der Waals surface area contributed by atoms with Crippen LogP contribution in [-0.4, -0.2) is 48.3 Å². The fraction of sp³-hybridized carbons (Fsp3) is 0.769. The number of rotatable bonds is 0. The summed E-state index contributed by atoms with van der Waals surface area (Å²) in [5.41, 5.74) is 0.366. The molecule has 2 saturated heterocycles. The Morgan fingerprint density at radius 3 is 2.72 bits per heavy atom. The molecule has 0 aromatic heterocycles. The average Bonchev–Trinajstić information content (AvgIpc) is 2.58. The van der Waals surface area contributed by atoms with Crippen molar-refractivity contribution in [3.8, 4) is 0 Å². The summed E-state index contributed by atoms with van der Waals surface area (Å²) in [6.07, 6.45) is 0.730. The summed E-state index contributed by atoms with van der Waals surface area (Å²) in [6, 6.07) is 0. The molecular formula is C13H23N3O2. The number of carbonyl (C=O) groups is 1. The molecule has 2 fully saturated rings. The van der Waals surface area contributed by atoms with Crippen LogP contribution in [0.5, 0.6) is 0 Å². The quantitative estimate of drug-likeness (QED) is 0.678. The Bertz CT molecular complexity index is 362. The highest BCUT2D eigenvalue weighted by molar-refractivity contribution is 5.68. The Kier molecular flexibility index (Phi) is 3.27. The molecule has 2 aliphatic rings. The number of amides is 1. The lowest BCUT2D eigenvalue weighted by atomic mass is 9.93. The Morgan fingerprint density at radius 1 is 1.44 bits per heavy atom. The van der Waals surface area contributed by atoms with Gasteiger partial charge in [-0.3, -0.25) is 0 Å². The van der Waals surface area contributed by atoms with Crippen LogP contribution in [0.3, 0.4) is 0 Å². The number of nitrogens with zero attached hydrogens (tertiary/aromatic N) is 1. The van der Waals surface area contributed by atoms with E-state index in [0.29, 0.717) is 13.1 Å². The van der Waals surface area contributed by atoms with E-state index in [1.165, 1.54) is 0 Å². The van der Waals surface area contributed by atoms with Gasteiger partial charge in [-0.15, -0.1) is 0 Å². The fourth-order valence-corrected chi connectivity index (χ4v) is 2.49. The standard InChI is InChI=1S/C13H23N3O2/c1-10-13(5-6-14-10)9-16(8-7-15-13)11(17)18-12(2,3)4/h14-15H,1,5-9H2,2-4H3. The van der Waals surface area contributed by atoms with Gasteiger partial charge in [0.1, 0.15) is 5.60 Å². The molecule has 102 valence electrons. The molecule has 2 rings (SSSR count). The van der Waals surface area contributed by atoms with Gasteiger partial charge in [0.2, 0.25) is 0 Å². The second-order valence-electron chi connectivity index (χ2n) is 6.07. The molecule has 1 atom stereocenters. The van der Waals surface area contributed by atoms with Crippen molar-refractivity contribution in [1.29, 1.82) is 0 Å². The third kappa shape index (κ3) is 2.61. The third-order valence-corrected chi connectivity index (χ3v) is 3.43. The number of piperazine rings is 1. The maximum absolute atomic E-state index is 12.1. The van der Waals surface area contributed by atoms with E-state index < -0.39 is 5.60 Å². The Labute approximate surface area is 109 Å². The van der Waals surface area contributed by atoms with Gasteiger partial charge in [0, 0.05) is 31.9 Å². The molecule has 0 bridgehead atoms. The van der Waals surface area contributed by atoms with Crippen LogP contribution in [0.2, 0.25) is 0 Å². The van der Waals surface area contributed by atoms with Gasteiger partial charge in [0.25, 0.3) is 0 Å². The van der Waals surface area contributed by atoms with Crippen LogP contribution in [0.15, 0.2) is 12.3 Å². The van der Waals surface area contributed by atoms with E-state index in [-0.39, 0.29) is 11.6 Å². The van der Waals surface area contributed by atoms with Gasteiger partial charge in [-0.25, -0.2) is 4.79 Å². The van der Waals surface area contributed by atoms with Crippen molar-refractivity contribution in [2.24, 2.45) is 0 Å². The molecule has 1 spiro atoms. The molecular weight excluding hydrogens is 230 g/mol. The van der Waals surface area contributed by atoms with Gasteiger partial charge in [-0.05, 0) is 27.2 Å². The lowest BCUT2D eigenvalue weighted by Gasteiger charge is -2.41. The van der Waals surface area contributed by atoms with Gasteiger partial charge in [0.15, 0.2) is 0 Å². The van der Waals surface area contributed by atoms with E-state index in [4.69, 9.17) is 4.74 Å². The number of hydrogen-bond donors (Lipinski definition) is 2. The SMILES string of the molecule is C=C1NCCC12CN(C(=O)OC(C)(C)C)CCN2. The third-order valence-electron chi connectivity index (χ3n) is 3.43. The molecule has 0 aromatic carbocycles. The van der Waals surface area contributed by atoms with Gasteiger partial charge >= 0.3 is 6.09 Å². The van der Waals surface area contributed by atoms with Crippen molar-refractivity contribution in [1.82, 2.24) is 15.5 Å². The minimum absolute atomic E-state index is 0.171. The van der Waals surface area contributed by atoms with E-state index >= 15 is 0 Å². The van der Waals surface area contributed by atoms with Crippen LogP contribution in [0.25, 0.3) is 0 Å². The van der Waals surface area contributed by atoms with Crippen molar-refractivity contribution >= 4 is 6.09 Å². The number of carbonyl (C=O) groups excluding carboxylic acids is 1. The van der Waals surface area contributed by atoms with Crippen LogP contribution in [0.1, 0.15) is 27.2 Å². The molecule has 2 aliphatic heterocycles. The maximum Gasteiger partial charge on any atom is 0.410 e. The Hall–Kier alpha value is -1.23. The molecule has 1 amide bonds. The molecule has 18 heavy (non-hydrogen) atoms. The van der Waals surface area contributed by atoms with Crippen molar-refractivity contribution in [3.63, 3.8) is 0 Å². The maximum atomic E-state index is 12.1. The van der Waals surface area contributed by atoms with Crippen molar-refractivity contribution < 1.29 is 9.53 Å². The van der Waals surface area contributed by atoms with E-state index in [1.807, 2.05) is 20.8 Å². The van der Waals surface area contributed by atoms with Crippen LogP contribution < -0.4 is 10.6 Å². The zero-order chi connectivity index (χ0) is 13.4. The van der Waals surface area contributed by atoms with Gasteiger partial charge in [-0.2, -0.15) is 0 Å². The predicted molar refractivity (Wildman–Crippen MR) is 70.3 cm³/mol. The van der Waals surface area contributed by atoms with Crippen molar-refractivity contribution in [2.45, 2.75) is 38.3 Å². The first-order chi connectivity index (χ1) is 8.32. The highest BCUT2D eigenvalue weighted by Crippen LogP contribution is 2.27. The number of hydrogen-bond acceptors (Lipinski definition) is 4. The lowest BCUT2D eigenvalue weighted by molar-refractivity contribution is 0.0154. The molecule has 5 nitrogen and oxygen atoms in total. The van der Waals surface area contributed by atoms with Crippen LogP contribution in [-0.2, 0) is 4.74 Å². The second kappa shape index (κ2) is 4.46. The summed E-state index contributed by atoms with van der Waals surface area (Å²) >= 11 is 0. The summed E-state index contributed by atoms with van der Waals surface area (Å²) < 4.78 is 5.42. The van der Waals surface area contributed by atoms with Crippen molar-refractivity contribution in [3.05, 3.63) is 12.3 Å². The van der Waals surface area contributed by atoms with Gasteiger partial charge in [0.05, 0.1) is 5.54 Å². The number of ether oxygens (including phenoxy) is 1. The first kappa shape index (κ1) is 13.2. The van der Waals surface area contributed by atoms with E-state index in [2.05, 4.69) is 17.2 Å². The smallest absolute Gasteiger partial charge is 0.410 e. The minimum atomic E-state index is -0.444. The lowest BCUT2D eigenvalue weighted by Crippen LogP contribution is -2.61. The molecule has 5 heteroatoms. The van der Waals surface area contributed by atoms with Crippen LogP contribution in [0, 0.1) is 0 Å².